The standard InChI is InChI=1S/C6H13NO4/c1-6(2,3-8)11-4-10-5(7)9/h8H,3-4H2,1-2H3,(H2,7,9). The maximum absolute atomic E-state index is 10.0. The molecule has 0 atom stereocenters. The van der Waals surface area contributed by atoms with Gasteiger partial charge in [-0.25, -0.2) is 4.79 Å². The van der Waals surface area contributed by atoms with E-state index in [1.807, 2.05) is 0 Å². The monoisotopic (exact) mass is 163 g/mol. The lowest BCUT2D eigenvalue weighted by atomic mass is 10.2. The van der Waals surface area contributed by atoms with E-state index in [2.05, 4.69) is 10.5 Å². The van der Waals surface area contributed by atoms with Crippen molar-refractivity contribution in [1.82, 2.24) is 0 Å². The van der Waals surface area contributed by atoms with E-state index in [-0.39, 0.29) is 13.4 Å². The van der Waals surface area contributed by atoms with Crippen LogP contribution in [0.3, 0.4) is 0 Å². The molecule has 11 heavy (non-hydrogen) atoms. The molecular weight excluding hydrogens is 150 g/mol. The molecule has 0 saturated carbocycles. The van der Waals surface area contributed by atoms with Crippen LogP contribution < -0.4 is 5.73 Å². The van der Waals surface area contributed by atoms with E-state index >= 15 is 0 Å². The Morgan fingerprint density at radius 3 is 2.55 bits per heavy atom. The maximum Gasteiger partial charge on any atom is 0.406 e. The van der Waals surface area contributed by atoms with Crippen LogP contribution in [0.4, 0.5) is 4.79 Å². The van der Waals surface area contributed by atoms with Crippen LogP contribution in [0.1, 0.15) is 13.8 Å². The Hall–Kier alpha value is -0.810. The second kappa shape index (κ2) is 4.15. The van der Waals surface area contributed by atoms with Crippen molar-refractivity contribution in [2.75, 3.05) is 13.4 Å². The van der Waals surface area contributed by atoms with Gasteiger partial charge in [0, 0.05) is 0 Å². The summed E-state index contributed by atoms with van der Waals surface area (Å²) in [6, 6.07) is 0. The molecule has 0 unspecified atom stereocenters. The van der Waals surface area contributed by atoms with Gasteiger partial charge in [-0.1, -0.05) is 0 Å². The molecule has 66 valence electrons. The first-order valence-corrected chi connectivity index (χ1v) is 3.15. The lowest BCUT2D eigenvalue weighted by molar-refractivity contribution is -0.119. The molecule has 0 aromatic carbocycles. The second-order valence-corrected chi connectivity index (χ2v) is 2.64. The first kappa shape index (κ1) is 10.2. The lowest BCUT2D eigenvalue weighted by Gasteiger charge is -2.21. The molecule has 0 spiro atoms. The van der Waals surface area contributed by atoms with E-state index in [1.165, 1.54) is 0 Å². The van der Waals surface area contributed by atoms with Gasteiger partial charge in [-0.3, -0.25) is 0 Å². The molecule has 0 aliphatic carbocycles. The molecule has 0 bridgehead atoms. The summed E-state index contributed by atoms with van der Waals surface area (Å²) >= 11 is 0. The van der Waals surface area contributed by atoms with E-state index in [9.17, 15) is 4.79 Å². The number of primary amides is 1. The fourth-order valence-corrected chi connectivity index (χ4v) is 0.293. The maximum atomic E-state index is 10.0. The molecule has 0 radical (unpaired) electrons. The predicted octanol–water partition coefficient (Wildman–Crippen LogP) is -0.173. The van der Waals surface area contributed by atoms with Gasteiger partial charge in [0.1, 0.15) is 0 Å². The van der Waals surface area contributed by atoms with Crippen LogP contribution in [0.15, 0.2) is 0 Å². The number of nitrogens with two attached hydrogens (primary N) is 1. The summed E-state index contributed by atoms with van der Waals surface area (Å²) in [5.74, 6) is 0. The fourth-order valence-electron chi connectivity index (χ4n) is 0.293. The van der Waals surface area contributed by atoms with Gasteiger partial charge >= 0.3 is 6.09 Å². The summed E-state index contributed by atoms with van der Waals surface area (Å²) < 4.78 is 9.20. The zero-order valence-electron chi connectivity index (χ0n) is 6.66. The highest BCUT2D eigenvalue weighted by atomic mass is 16.7. The van der Waals surface area contributed by atoms with Crippen molar-refractivity contribution >= 4 is 6.09 Å². The summed E-state index contributed by atoms with van der Waals surface area (Å²) in [7, 11) is 0. The Morgan fingerprint density at radius 2 is 2.18 bits per heavy atom. The zero-order valence-corrected chi connectivity index (χ0v) is 6.66. The van der Waals surface area contributed by atoms with E-state index < -0.39 is 11.7 Å². The van der Waals surface area contributed by atoms with Gasteiger partial charge in [-0.05, 0) is 13.8 Å². The van der Waals surface area contributed by atoms with Gasteiger partial charge in [-0.15, -0.1) is 0 Å². The summed E-state index contributed by atoms with van der Waals surface area (Å²) in [6.45, 7) is 2.95. The predicted molar refractivity (Wildman–Crippen MR) is 37.8 cm³/mol. The number of aliphatic hydroxyl groups is 1. The highest BCUT2D eigenvalue weighted by Crippen LogP contribution is 2.06. The van der Waals surface area contributed by atoms with E-state index in [0.717, 1.165) is 0 Å². The third-order valence-corrected chi connectivity index (χ3v) is 1.03. The summed E-state index contributed by atoms with van der Waals surface area (Å²) in [5.41, 5.74) is 3.96. The van der Waals surface area contributed by atoms with Crippen LogP contribution in [-0.2, 0) is 9.47 Å². The molecule has 5 nitrogen and oxygen atoms in total. The average molecular weight is 163 g/mol. The molecule has 0 rings (SSSR count). The Morgan fingerprint density at radius 1 is 1.64 bits per heavy atom. The first-order chi connectivity index (χ1) is 4.98. The average Bonchev–Trinajstić information content (AvgIpc) is 1.87. The smallest absolute Gasteiger partial charge is 0.406 e. The van der Waals surface area contributed by atoms with Crippen molar-refractivity contribution in [3.05, 3.63) is 0 Å². The third-order valence-electron chi connectivity index (χ3n) is 1.03. The highest BCUT2D eigenvalue weighted by molar-refractivity contribution is 5.64. The fraction of sp³-hybridized carbons (Fsp3) is 0.833. The van der Waals surface area contributed by atoms with E-state index in [0.29, 0.717) is 0 Å². The van der Waals surface area contributed by atoms with Gasteiger partial charge in [0.15, 0.2) is 6.79 Å². The van der Waals surface area contributed by atoms with Gasteiger partial charge in [0.2, 0.25) is 0 Å². The number of amides is 1. The minimum absolute atomic E-state index is 0.144. The Kier molecular flexibility index (Phi) is 3.84. The number of hydrogen-bond acceptors (Lipinski definition) is 4. The number of hydrogen-bond donors (Lipinski definition) is 2. The van der Waals surface area contributed by atoms with Crippen molar-refractivity contribution < 1.29 is 19.4 Å². The number of carbonyl (C=O) groups is 1. The molecule has 0 heterocycles. The number of carbonyl (C=O) groups excluding carboxylic acids is 1. The molecule has 0 saturated heterocycles. The van der Waals surface area contributed by atoms with Crippen molar-refractivity contribution in [2.24, 2.45) is 5.73 Å². The van der Waals surface area contributed by atoms with Gasteiger partial charge in [-0.2, -0.15) is 0 Å². The van der Waals surface area contributed by atoms with Crippen LogP contribution in [0.2, 0.25) is 0 Å². The molecule has 0 aromatic heterocycles. The van der Waals surface area contributed by atoms with Crippen LogP contribution in [0, 0.1) is 0 Å². The topological polar surface area (TPSA) is 81.8 Å². The van der Waals surface area contributed by atoms with Crippen molar-refractivity contribution in [2.45, 2.75) is 19.4 Å². The molecule has 1 amide bonds. The zero-order chi connectivity index (χ0) is 8.91. The minimum Gasteiger partial charge on any atom is -0.422 e. The quantitative estimate of drug-likeness (QED) is 0.563. The first-order valence-electron chi connectivity index (χ1n) is 3.15. The molecule has 0 fully saturated rings. The van der Waals surface area contributed by atoms with Crippen LogP contribution >= 0.6 is 0 Å². The summed E-state index contributed by atoms with van der Waals surface area (Å²) in [5, 5.41) is 8.66. The summed E-state index contributed by atoms with van der Waals surface area (Å²) in [4.78, 5) is 10.0. The molecule has 0 aliphatic heterocycles. The van der Waals surface area contributed by atoms with Crippen LogP contribution in [0.25, 0.3) is 0 Å². The van der Waals surface area contributed by atoms with Gasteiger partial charge in [0.05, 0.1) is 12.2 Å². The van der Waals surface area contributed by atoms with Crippen molar-refractivity contribution in [3.8, 4) is 0 Å². The second-order valence-electron chi connectivity index (χ2n) is 2.64. The van der Waals surface area contributed by atoms with Crippen molar-refractivity contribution in [3.63, 3.8) is 0 Å². The van der Waals surface area contributed by atoms with Gasteiger partial charge in [0.25, 0.3) is 0 Å². The molecule has 3 N–H and O–H groups in total. The van der Waals surface area contributed by atoms with Gasteiger partial charge < -0.3 is 20.3 Å². The lowest BCUT2D eigenvalue weighted by Crippen LogP contribution is -2.31. The highest BCUT2D eigenvalue weighted by Gasteiger charge is 2.16. The van der Waals surface area contributed by atoms with Crippen molar-refractivity contribution in [1.29, 1.82) is 0 Å². The SMILES string of the molecule is CC(C)(CO)OCOC(N)=O. The van der Waals surface area contributed by atoms with Crippen LogP contribution in [0.5, 0.6) is 0 Å². The third kappa shape index (κ3) is 5.63. The molecular formula is C6H13NO4. The molecule has 5 heteroatoms. The molecule has 0 aromatic rings. The molecule has 0 aliphatic rings. The normalized spacial score (nSPS) is 11.2. The van der Waals surface area contributed by atoms with E-state index in [4.69, 9.17) is 9.84 Å². The largest absolute Gasteiger partial charge is 0.422 e. The number of aliphatic hydroxyl groups excluding tert-OH is 1. The van der Waals surface area contributed by atoms with Crippen LogP contribution in [-0.4, -0.2) is 30.2 Å². The number of rotatable bonds is 4. The number of ether oxygens (including phenoxy) is 2. The van der Waals surface area contributed by atoms with E-state index in [1.54, 1.807) is 13.8 Å². The summed E-state index contributed by atoms with van der Waals surface area (Å²) in [6.07, 6.45) is -0.890. The Bertz CT molecular complexity index is 135. The minimum atomic E-state index is -0.890. The Balaban J connectivity index is 3.45. The Labute approximate surface area is 65.1 Å².